The summed E-state index contributed by atoms with van der Waals surface area (Å²) >= 11 is 3.29. The van der Waals surface area contributed by atoms with Gasteiger partial charge in [-0.3, -0.25) is 5.32 Å². The zero-order valence-corrected chi connectivity index (χ0v) is 11.8. The van der Waals surface area contributed by atoms with E-state index in [1.807, 2.05) is 13.8 Å². The standard InChI is InChI=1S/C12H16BrNO4/c1-8(2)7-11(18-16)17-12(15)14-10-5-3-9(13)4-6-10/h3-6,8,11,16H,7H2,1-2H3,(H,14,15). The van der Waals surface area contributed by atoms with Crippen LogP contribution >= 0.6 is 15.9 Å². The number of carbonyl (C=O) groups is 1. The van der Waals surface area contributed by atoms with E-state index in [4.69, 9.17) is 9.99 Å². The number of hydrogen-bond acceptors (Lipinski definition) is 4. The molecule has 0 fully saturated rings. The molecule has 6 heteroatoms. The van der Waals surface area contributed by atoms with E-state index in [9.17, 15) is 4.79 Å². The van der Waals surface area contributed by atoms with Crippen LogP contribution in [0.1, 0.15) is 20.3 Å². The molecule has 0 radical (unpaired) electrons. The fourth-order valence-electron chi connectivity index (χ4n) is 1.30. The normalized spacial score (nSPS) is 12.3. The minimum Gasteiger partial charge on any atom is -0.417 e. The van der Waals surface area contributed by atoms with E-state index >= 15 is 0 Å². The van der Waals surface area contributed by atoms with Gasteiger partial charge in [-0.15, -0.1) is 0 Å². The van der Waals surface area contributed by atoms with Crippen molar-refractivity contribution in [1.29, 1.82) is 0 Å². The van der Waals surface area contributed by atoms with Crippen molar-refractivity contribution in [3.05, 3.63) is 28.7 Å². The number of anilines is 1. The van der Waals surface area contributed by atoms with E-state index in [1.54, 1.807) is 24.3 Å². The van der Waals surface area contributed by atoms with Crippen molar-refractivity contribution >= 4 is 27.7 Å². The molecule has 1 atom stereocenters. The van der Waals surface area contributed by atoms with Crippen LogP contribution in [-0.4, -0.2) is 17.6 Å². The predicted molar refractivity (Wildman–Crippen MR) is 71.2 cm³/mol. The van der Waals surface area contributed by atoms with Crippen LogP contribution in [0.4, 0.5) is 10.5 Å². The fraction of sp³-hybridized carbons (Fsp3) is 0.417. The third-order valence-corrected chi connectivity index (χ3v) is 2.64. The Labute approximate surface area is 114 Å². The number of amides is 1. The lowest BCUT2D eigenvalue weighted by Crippen LogP contribution is -2.25. The van der Waals surface area contributed by atoms with Crippen LogP contribution in [-0.2, 0) is 9.62 Å². The van der Waals surface area contributed by atoms with Crippen LogP contribution < -0.4 is 5.32 Å². The monoisotopic (exact) mass is 317 g/mol. The number of hydrogen-bond donors (Lipinski definition) is 2. The maximum atomic E-state index is 11.5. The number of ether oxygens (including phenoxy) is 1. The van der Waals surface area contributed by atoms with Gasteiger partial charge < -0.3 is 4.74 Å². The Morgan fingerprint density at radius 2 is 2.00 bits per heavy atom. The van der Waals surface area contributed by atoms with E-state index in [2.05, 4.69) is 26.1 Å². The first-order chi connectivity index (χ1) is 8.51. The van der Waals surface area contributed by atoms with Gasteiger partial charge in [0, 0.05) is 16.6 Å². The summed E-state index contributed by atoms with van der Waals surface area (Å²) in [5, 5.41) is 11.1. The molecule has 0 aliphatic heterocycles. The molecule has 1 aromatic carbocycles. The minimum absolute atomic E-state index is 0.239. The van der Waals surface area contributed by atoms with Crippen LogP contribution in [0, 0.1) is 5.92 Å². The second-order valence-electron chi connectivity index (χ2n) is 4.20. The summed E-state index contributed by atoms with van der Waals surface area (Å²) in [5.41, 5.74) is 0.601. The molecule has 0 bridgehead atoms. The Hall–Kier alpha value is -1.11. The molecule has 0 saturated heterocycles. The van der Waals surface area contributed by atoms with Crippen molar-refractivity contribution in [2.75, 3.05) is 5.32 Å². The Morgan fingerprint density at radius 1 is 1.39 bits per heavy atom. The van der Waals surface area contributed by atoms with Gasteiger partial charge in [-0.1, -0.05) is 29.8 Å². The van der Waals surface area contributed by atoms with Gasteiger partial charge in [-0.05, 0) is 30.2 Å². The van der Waals surface area contributed by atoms with Crippen molar-refractivity contribution in [1.82, 2.24) is 0 Å². The highest BCUT2D eigenvalue weighted by molar-refractivity contribution is 9.10. The summed E-state index contributed by atoms with van der Waals surface area (Å²) in [6.45, 7) is 3.87. The van der Waals surface area contributed by atoms with Gasteiger partial charge in [0.25, 0.3) is 0 Å². The van der Waals surface area contributed by atoms with Crippen LogP contribution in [0.5, 0.6) is 0 Å². The van der Waals surface area contributed by atoms with Crippen molar-refractivity contribution in [2.45, 2.75) is 26.6 Å². The Bertz CT molecular complexity index is 380. The molecule has 1 unspecified atom stereocenters. The SMILES string of the molecule is CC(C)CC(OO)OC(=O)Nc1ccc(Br)cc1. The van der Waals surface area contributed by atoms with Crippen LogP contribution in [0.3, 0.4) is 0 Å². The van der Waals surface area contributed by atoms with Gasteiger partial charge in [-0.2, -0.15) is 4.89 Å². The first kappa shape index (κ1) is 14.9. The quantitative estimate of drug-likeness (QED) is 0.491. The van der Waals surface area contributed by atoms with Crippen LogP contribution in [0.25, 0.3) is 0 Å². The molecular formula is C12H16BrNO4. The van der Waals surface area contributed by atoms with Gasteiger partial charge in [-0.25, -0.2) is 10.1 Å². The van der Waals surface area contributed by atoms with Gasteiger partial charge in [0.05, 0.1) is 0 Å². The third-order valence-electron chi connectivity index (χ3n) is 2.11. The average molecular weight is 318 g/mol. The summed E-state index contributed by atoms with van der Waals surface area (Å²) in [6.07, 6.45) is -1.21. The highest BCUT2D eigenvalue weighted by Crippen LogP contribution is 2.15. The Morgan fingerprint density at radius 3 is 2.50 bits per heavy atom. The number of halogens is 1. The van der Waals surface area contributed by atoms with Gasteiger partial charge in [0.15, 0.2) is 0 Å². The van der Waals surface area contributed by atoms with Crippen molar-refractivity contribution in [3.8, 4) is 0 Å². The molecule has 0 saturated carbocycles. The second-order valence-corrected chi connectivity index (χ2v) is 5.12. The highest BCUT2D eigenvalue weighted by Gasteiger charge is 2.16. The van der Waals surface area contributed by atoms with Crippen molar-refractivity contribution in [3.63, 3.8) is 0 Å². The largest absolute Gasteiger partial charge is 0.417 e. The first-order valence-corrected chi connectivity index (χ1v) is 6.34. The number of carbonyl (C=O) groups excluding carboxylic acids is 1. The van der Waals surface area contributed by atoms with Crippen LogP contribution in [0.2, 0.25) is 0 Å². The van der Waals surface area contributed by atoms with E-state index in [-0.39, 0.29) is 5.92 Å². The fourth-order valence-corrected chi connectivity index (χ4v) is 1.56. The maximum absolute atomic E-state index is 11.5. The lowest BCUT2D eigenvalue weighted by atomic mass is 10.1. The molecule has 0 aromatic heterocycles. The predicted octanol–water partition coefficient (Wildman–Crippen LogP) is 3.86. The number of nitrogens with one attached hydrogen (secondary N) is 1. The summed E-state index contributed by atoms with van der Waals surface area (Å²) in [7, 11) is 0. The molecule has 2 N–H and O–H groups in total. The molecule has 0 spiro atoms. The van der Waals surface area contributed by atoms with Gasteiger partial charge >= 0.3 is 6.09 Å². The molecule has 5 nitrogen and oxygen atoms in total. The maximum Gasteiger partial charge on any atom is 0.414 e. The van der Waals surface area contributed by atoms with Crippen molar-refractivity contribution in [2.24, 2.45) is 5.92 Å². The smallest absolute Gasteiger partial charge is 0.414 e. The lowest BCUT2D eigenvalue weighted by Gasteiger charge is -2.16. The Balaban J connectivity index is 2.47. The van der Waals surface area contributed by atoms with Crippen molar-refractivity contribution < 1.29 is 19.7 Å². The van der Waals surface area contributed by atoms with Gasteiger partial charge in [0.2, 0.25) is 6.29 Å². The summed E-state index contributed by atoms with van der Waals surface area (Å²) in [5.74, 6) is 0.239. The molecule has 0 aliphatic carbocycles. The molecule has 1 amide bonds. The van der Waals surface area contributed by atoms with E-state index < -0.39 is 12.4 Å². The lowest BCUT2D eigenvalue weighted by molar-refractivity contribution is -0.334. The summed E-state index contributed by atoms with van der Waals surface area (Å²) in [6, 6.07) is 7.04. The molecule has 18 heavy (non-hydrogen) atoms. The summed E-state index contributed by atoms with van der Waals surface area (Å²) in [4.78, 5) is 15.6. The number of rotatable bonds is 5. The average Bonchev–Trinajstić information content (AvgIpc) is 2.30. The first-order valence-electron chi connectivity index (χ1n) is 5.54. The Kier molecular flexibility index (Phi) is 6.11. The van der Waals surface area contributed by atoms with E-state index in [1.165, 1.54) is 0 Å². The van der Waals surface area contributed by atoms with E-state index in [0.29, 0.717) is 12.1 Å². The molecule has 1 aromatic rings. The topological polar surface area (TPSA) is 67.8 Å². The molecular weight excluding hydrogens is 302 g/mol. The minimum atomic E-state index is -0.958. The molecule has 100 valence electrons. The van der Waals surface area contributed by atoms with Crippen LogP contribution in [0.15, 0.2) is 28.7 Å². The number of benzene rings is 1. The molecule has 0 heterocycles. The zero-order valence-electron chi connectivity index (χ0n) is 10.2. The highest BCUT2D eigenvalue weighted by atomic mass is 79.9. The molecule has 0 aliphatic rings. The molecule has 1 rings (SSSR count). The summed E-state index contributed by atoms with van der Waals surface area (Å²) < 4.78 is 5.83. The zero-order chi connectivity index (χ0) is 13.5. The van der Waals surface area contributed by atoms with Gasteiger partial charge in [0.1, 0.15) is 0 Å². The second kappa shape index (κ2) is 7.35. The van der Waals surface area contributed by atoms with E-state index in [0.717, 1.165) is 4.47 Å². The third kappa shape index (κ3) is 5.48.